The van der Waals surface area contributed by atoms with Crippen LogP contribution < -0.4 is 5.73 Å². The molecule has 1 fully saturated rings. The quantitative estimate of drug-likeness (QED) is 0.821. The molecule has 5 nitrogen and oxygen atoms in total. The van der Waals surface area contributed by atoms with Crippen LogP contribution >= 0.6 is 0 Å². The summed E-state index contributed by atoms with van der Waals surface area (Å²) in [7, 11) is 0. The maximum Gasteiger partial charge on any atom is 0.248 e. The maximum absolute atomic E-state index is 13.0. The summed E-state index contributed by atoms with van der Waals surface area (Å²) < 4.78 is 18.1. The molecular formula is C14H15FN2O3. The van der Waals surface area contributed by atoms with E-state index in [9.17, 15) is 14.0 Å². The lowest BCUT2D eigenvalue weighted by Gasteiger charge is -2.30. The molecule has 0 aromatic heterocycles. The number of ether oxygens (including phenoxy) is 1. The number of hydrogen-bond donors (Lipinski definition) is 1. The first-order valence-electron chi connectivity index (χ1n) is 6.20. The molecule has 2 N–H and O–H groups in total. The van der Waals surface area contributed by atoms with Crippen LogP contribution in [-0.2, 0) is 14.3 Å². The fourth-order valence-electron chi connectivity index (χ4n) is 1.90. The molecule has 0 unspecified atom stereocenters. The first kappa shape index (κ1) is 14.2. The molecule has 1 aromatic carbocycles. The number of primary amides is 1. The van der Waals surface area contributed by atoms with E-state index in [2.05, 4.69) is 0 Å². The molecule has 2 amide bonds. The molecule has 0 radical (unpaired) electrons. The van der Waals surface area contributed by atoms with E-state index in [0.29, 0.717) is 12.1 Å². The van der Waals surface area contributed by atoms with Crippen LogP contribution in [0.2, 0.25) is 0 Å². The summed E-state index contributed by atoms with van der Waals surface area (Å²) in [4.78, 5) is 24.5. The highest BCUT2D eigenvalue weighted by atomic mass is 19.1. The summed E-state index contributed by atoms with van der Waals surface area (Å²) in [5.41, 5.74) is 5.75. The summed E-state index contributed by atoms with van der Waals surface area (Å²) in [6, 6.07) is 5.92. The van der Waals surface area contributed by atoms with Crippen molar-refractivity contribution in [2.24, 2.45) is 5.73 Å². The van der Waals surface area contributed by atoms with Crippen LogP contribution in [0, 0.1) is 5.82 Å². The average molecular weight is 278 g/mol. The molecule has 1 saturated heterocycles. The first-order valence-corrected chi connectivity index (χ1v) is 6.20. The predicted molar refractivity (Wildman–Crippen MR) is 70.9 cm³/mol. The van der Waals surface area contributed by atoms with E-state index in [1.165, 1.54) is 29.2 Å². The Morgan fingerprint density at radius 1 is 1.45 bits per heavy atom. The zero-order valence-corrected chi connectivity index (χ0v) is 10.8. The van der Waals surface area contributed by atoms with Gasteiger partial charge in [-0.3, -0.25) is 9.59 Å². The van der Waals surface area contributed by atoms with Gasteiger partial charge in [-0.15, -0.1) is 0 Å². The Morgan fingerprint density at radius 2 is 2.25 bits per heavy atom. The van der Waals surface area contributed by atoms with Crippen molar-refractivity contribution < 1.29 is 18.7 Å². The maximum atomic E-state index is 13.0. The molecule has 20 heavy (non-hydrogen) atoms. The minimum Gasteiger partial charge on any atom is -0.367 e. The van der Waals surface area contributed by atoms with E-state index in [-0.39, 0.29) is 24.9 Å². The normalized spacial score (nSPS) is 19.2. The van der Waals surface area contributed by atoms with Crippen molar-refractivity contribution in [3.8, 4) is 0 Å². The number of amides is 2. The van der Waals surface area contributed by atoms with Crippen molar-refractivity contribution in [2.75, 3.05) is 19.7 Å². The molecular weight excluding hydrogens is 263 g/mol. The van der Waals surface area contributed by atoms with Gasteiger partial charge in [0.05, 0.1) is 13.2 Å². The number of carbonyl (C=O) groups excluding carboxylic acids is 2. The van der Waals surface area contributed by atoms with Crippen molar-refractivity contribution in [1.82, 2.24) is 4.90 Å². The number of nitrogens with zero attached hydrogens (tertiary/aromatic N) is 1. The summed E-state index contributed by atoms with van der Waals surface area (Å²) in [6.45, 7) is 0.810. The third-order valence-corrected chi connectivity index (χ3v) is 2.96. The topological polar surface area (TPSA) is 72.6 Å². The monoisotopic (exact) mass is 278 g/mol. The van der Waals surface area contributed by atoms with Crippen LogP contribution in [0.3, 0.4) is 0 Å². The Kier molecular flexibility index (Phi) is 4.47. The molecule has 1 heterocycles. The molecule has 2 rings (SSSR count). The van der Waals surface area contributed by atoms with Gasteiger partial charge in [-0.25, -0.2) is 4.39 Å². The Hall–Kier alpha value is -2.21. The average Bonchev–Trinajstić information content (AvgIpc) is 2.45. The number of carbonyl (C=O) groups is 2. The van der Waals surface area contributed by atoms with Crippen molar-refractivity contribution in [3.05, 3.63) is 41.7 Å². The highest BCUT2D eigenvalue weighted by Crippen LogP contribution is 2.08. The van der Waals surface area contributed by atoms with Gasteiger partial charge in [0.1, 0.15) is 5.82 Å². The van der Waals surface area contributed by atoms with Crippen molar-refractivity contribution in [1.29, 1.82) is 0 Å². The number of rotatable bonds is 3. The molecule has 106 valence electrons. The number of halogens is 1. The van der Waals surface area contributed by atoms with Gasteiger partial charge >= 0.3 is 0 Å². The third kappa shape index (κ3) is 3.64. The van der Waals surface area contributed by atoms with E-state index >= 15 is 0 Å². The fourth-order valence-corrected chi connectivity index (χ4v) is 1.90. The van der Waals surface area contributed by atoms with E-state index < -0.39 is 12.0 Å². The smallest absolute Gasteiger partial charge is 0.248 e. The largest absolute Gasteiger partial charge is 0.367 e. The van der Waals surface area contributed by atoms with Gasteiger partial charge in [-0.05, 0) is 23.8 Å². The van der Waals surface area contributed by atoms with Crippen molar-refractivity contribution in [3.63, 3.8) is 0 Å². The molecule has 6 heteroatoms. The van der Waals surface area contributed by atoms with Gasteiger partial charge in [0.2, 0.25) is 11.8 Å². The van der Waals surface area contributed by atoms with Crippen molar-refractivity contribution >= 4 is 17.9 Å². The second kappa shape index (κ2) is 6.29. The van der Waals surface area contributed by atoms with Crippen LogP contribution in [-0.4, -0.2) is 42.5 Å². The molecule has 0 bridgehead atoms. The molecule has 1 aromatic rings. The van der Waals surface area contributed by atoms with Crippen LogP contribution in [0.25, 0.3) is 6.08 Å². The minimum absolute atomic E-state index is 0.141. The second-order valence-corrected chi connectivity index (χ2v) is 4.43. The Morgan fingerprint density at radius 3 is 2.95 bits per heavy atom. The molecule has 0 spiro atoms. The number of hydrogen-bond acceptors (Lipinski definition) is 3. The summed E-state index contributed by atoms with van der Waals surface area (Å²) >= 11 is 0. The van der Waals surface area contributed by atoms with E-state index in [0.717, 1.165) is 0 Å². The molecule has 1 atom stereocenters. The standard InChI is InChI=1S/C14H15FN2O3/c15-11-3-1-2-10(8-11)4-5-13(18)17-6-7-20-12(9-17)14(16)19/h1-5,8,12H,6-7,9H2,(H2,16,19)/b5-4+/t12-/m1/s1. The lowest BCUT2D eigenvalue weighted by atomic mass is 10.2. The van der Waals surface area contributed by atoms with Crippen LogP contribution in [0.4, 0.5) is 4.39 Å². The summed E-state index contributed by atoms with van der Waals surface area (Å²) in [6.07, 6.45) is 2.11. The van der Waals surface area contributed by atoms with Gasteiger partial charge < -0.3 is 15.4 Å². The first-order chi connectivity index (χ1) is 9.56. The van der Waals surface area contributed by atoms with Crippen molar-refractivity contribution in [2.45, 2.75) is 6.10 Å². The Labute approximate surface area is 115 Å². The molecule has 1 aliphatic heterocycles. The number of morpholine rings is 1. The van der Waals surface area contributed by atoms with Gasteiger partial charge in [0.25, 0.3) is 0 Å². The number of benzene rings is 1. The highest BCUT2D eigenvalue weighted by molar-refractivity contribution is 5.92. The SMILES string of the molecule is NC(=O)[C@H]1CN(C(=O)/C=C/c2cccc(F)c2)CCO1. The zero-order chi connectivity index (χ0) is 14.5. The van der Waals surface area contributed by atoms with Gasteiger partial charge in [-0.2, -0.15) is 0 Å². The molecule has 0 saturated carbocycles. The lowest BCUT2D eigenvalue weighted by Crippen LogP contribution is -2.50. The lowest BCUT2D eigenvalue weighted by molar-refractivity contribution is -0.142. The highest BCUT2D eigenvalue weighted by Gasteiger charge is 2.26. The van der Waals surface area contributed by atoms with E-state index in [1.807, 2.05) is 0 Å². The second-order valence-electron chi connectivity index (χ2n) is 4.43. The minimum atomic E-state index is -0.768. The van der Waals surface area contributed by atoms with Gasteiger partial charge in [0.15, 0.2) is 6.10 Å². The van der Waals surface area contributed by atoms with E-state index in [1.54, 1.807) is 12.1 Å². The fraction of sp³-hybridized carbons (Fsp3) is 0.286. The summed E-state index contributed by atoms with van der Waals surface area (Å²) in [5, 5.41) is 0. The van der Waals surface area contributed by atoms with Gasteiger partial charge in [-0.1, -0.05) is 12.1 Å². The third-order valence-electron chi connectivity index (χ3n) is 2.96. The van der Waals surface area contributed by atoms with Gasteiger partial charge in [0, 0.05) is 12.6 Å². The predicted octanol–water partition coefficient (Wildman–Crippen LogP) is 0.552. The Bertz CT molecular complexity index is 545. The summed E-state index contributed by atoms with van der Waals surface area (Å²) in [5.74, 6) is -1.21. The molecule has 1 aliphatic rings. The molecule has 0 aliphatic carbocycles. The van der Waals surface area contributed by atoms with Crippen LogP contribution in [0.1, 0.15) is 5.56 Å². The van der Waals surface area contributed by atoms with Crippen LogP contribution in [0.5, 0.6) is 0 Å². The Balaban J connectivity index is 1.99. The van der Waals surface area contributed by atoms with Crippen LogP contribution in [0.15, 0.2) is 30.3 Å². The zero-order valence-electron chi connectivity index (χ0n) is 10.8. The number of nitrogens with two attached hydrogens (primary N) is 1. The van der Waals surface area contributed by atoms with E-state index in [4.69, 9.17) is 10.5 Å².